The summed E-state index contributed by atoms with van der Waals surface area (Å²) < 4.78 is 13.0. The summed E-state index contributed by atoms with van der Waals surface area (Å²) in [5.41, 5.74) is 1.18. The van der Waals surface area contributed by atoms with Crippen LogP contribution in [-0.4, -0.2) is 42.2 Å². The fourth-order valence-corrected chi connectivity index (χ4v) is 2.85. The molecule has 0 atom stereocenters. The molecular weight excluding hydrogens is 281 g/mol. The van der Waals surface area contributed by atoms with Crippen molar-refractivity contribution >= 4 is 11.6 Å². The summed E-state index contributed by atoms with van der Waals surface area (Å²) in [5.74, 6) is 2.01. The van der Waals surface area contributed by atoms with Crippen LogP contribution in [0.2, 0.25) is 0 Å². The lowest BCUT2D eigenvalue weighted by atomic mass is 9.91. The molecule has 4 rings (SSSR count). The maximum absolute atomic E-state index is 13.0. The van der Waals surface area contributed by atoms with Gasteiger partial charge in [0.1, 0.15) is 5.82 Å². The number of rotatable bonds is 4. The molecule has 2 N–H and O–H groups in total. The summed E-state index contributed by atoms with van der Waals surface area (Å²) >= 11 is 0. The van der Waals surface area contributed by atoms with Gasteiger partial charge in [0, 0.05) is 44.5 Å². The number of aromatic nitrogens is 2. The van der Waals surface area contributed by atoms with Gasteiger partial charge in [0.25, 0.3) is 0 Å². The number of nitrogens with zero attached hydrogens (tertiary/aromatic N) is 3. The number of anilines is 2. The highest BCUT2D eigenvalue weighted by atomic mass is 19.1. The van der Waals surface area contributed by atoms with Crippen molar-refractivity contribution in [1.82, 2.24) is 15.3 Å². The first-order chi connectivity index (χ1) is 10.8. The largest absolute Gasteiger partial charge is 0.362 e. The molecule has 1 aromatic carbocycles. The Bertz CT molecular complexity index is 650. The number of hydrogen-bond donors (Lipinski definition) is 2. The average Bonchev–Trinajstić information content (AvgIpc) is 2.45. The highest BCUT2D eigenvalue weighted by Crippen LogP contribution is 2.33. The minimum atomic E-state index is -0.186. The van der Waals surface area contributed by atoms with E-state index in [1.165, 1.54) is 17.7 Å². The minimum absolute atomic E-state index is 0.186. The number of hydrogen-bond acceptors (Lipinski definition) is 5. The van der Waals surface area contributed by atoms with Crippen molar-refractivity contribution in [2.24, 2.45) is 0 Å². The van der Waals surface area contributed by atoms with Crippen LogP contribution in [0, 0.1) is 5.82 Å². The third-order valence-corrected chi connectivity index (χ3v) is 4.32. The van der Waals surface area contributed by atoms with Crippen LogP contribution < -0.4 is 15.5 Å². The Balaban J connectivity index is 1.44. The highest BCUT2D eigenvalue weighted by molar-refractivity contribution is 5.63. The third kappa shape index (κ3) is 2.50. The second kappa shape index (κ2) is 5.53. The topological polar surface area (TPSA) is 53.1 Å². The quantitative estimate of drug-likeness (QED) is 0.898. The molecule has 2 fully saturated rings. The lowest BCUT2D eigenvalue weighted by Gasteiger charge is -2.41. The molecule has 0 saturated carbocycles. The van der Waals surface area contributed by atoms with E-state index >= 15 is 0 Å². The van der Waals surface area contributed by atoms with Crippen LogP contribution in [0.5, 0.6) is 0 Å². The average molecular weight is 299 g/mol. The molecule has 2 aliphatic heterocycles. The van der Waals surface area contributed by atoms with Crippen molar-refractivity contribution < 1.29 is 4.39 Å². The van der Waals surface area contributed by atoms with E-state index in [1.54, 1.807) is 12.4 Å². The molecule has 2 aliphatic rings. The van der Waals surface area contributed by atoms with E-state index in [1.807, 2.05) is 12.1 Å². The molecule has 114 valence electrons. The summed E-state index contributed by atoms with van der Waals surface area (Å²) in [7, 11) is 0. The Hall–Kier alpha value is -2.21. The van der Waals surface area contributed by atoms with Crippen LogP contribution >= 0.6 is 0 Å². The van der Waals surface area contributed by atoms with Crippen LogP contribution in [0.15, 0.2) is 36.7 Å². The Morgan fingerprint density at radius 1 is 1.09 bits per heavy atom. The molecule has 3 heterocycles. The first-order valence-corrected chi connectivity index (χ1v) is 7.58. The lowest BCUT2D eigenvalue weighted by Crippen LogP contribution is -2.52. The van der Waals surface area contributed by atoms with Gasteiger partial charge in [0.05, 0.1) is 6.04 Å². The van der Waals surface area contributed by atoms with Crippen molar-refractivity contribution in [2.45, 2.75) is 12.0 Å². The van der Waals surface area contributed by atoms with E-state index < -0.39 is 0 Å². The Morgan fingerprint density at radius 3 is 2.50 bits per heavy atom. The van der Waals surface area contributed by atoms with Crippen LogP contribution in [-0.2, 0) is 0 Å². The van der Waals surface area contributed by atoms with Gasteiger partial charge in [-0.1, -0.05) is 12.1 Å². The zero-order chi connectivity index (χ0) is 14.9. The van der Waals surface area contributed by atoms with Crippen LogP contribution in [0.4, 0.5) is 16.0 Å². The molecule has 0 unspecified atom stereocenters. The molecule has 1 aromatic heterocycles. The van der Waals surface area contributed by atoms with Gasteiger partial charge in [0.2, 0.25) is 0 Å². The van der Waals surface area contributed by atoms with Gasteiger partial charge in [-0.15, -0.1) is 0 Å². The van der Waals surface area contributed by atoms with Crippen molar-refractivity contribution in [2.75, 3.05) is 36.4 Å². The van der Waals surface area contributed by atoms with E-state index in [9.17, 15) is 4.39 Å². The van der Waals surface area contributed by atoms with Gasteiger partial charge in [0.15, 0.2) is 11.6 Å². The predicted molar refractivity (Wildman–Crippen MR) is 83.7 cm³/mol. The van der Waals surface area contributed by atoms with E-state index in [-0.39, 0.29) is 5.82 Å². The fourth-order valence-electron chi connectivity index (χ4n) is 2.85. The summed E-state index contributed by atoms with van der Waals surface area (Å²) in [5, 5.41) is 6.67. The van der Waals surface area contributed by atoms with Crippen molar-refractivity contribution in [3.63, 3.8) is 0 Å². The van der Waals surface area contributed by atoms with Gasteiger partial charge in [-0.05, 0) is 17.7 Å². The summed E-state index contributed by atoms with van der Waals surface area (Å²) in [6, 6.07) is 7.22. The van der Waals surface area contributed by atoms with Crippen LogP contribution in [0.1, 0.15) is 11.5 Å². The smallest absolute Gasteiger partial charge is 0.171 e. The van der Waals surface area contributed by atoms with Gasteiger partial charge in [-0.2, -0.15) is 0 Å². The molecule has 0 amide bonds. The van der Waals surface area contributed by atoms with Crippen molar-refractivity contribution in [3.8, 4) is 0 Å². The standard InChI is InChI=1S/C16H18FN5/c17-13-3-1-11(2-4-13)12-9-22(10-12)16-15(19-5-6-20-16)21-14-7-18-8-14/h1-6,12,14,18H,7-10H2,(H,19,21). The molecule has 5 nitrogen and oxygen atoms in total. The van der Waals surface area contributed by atoms with Crippen LogP contribution in [0.25, 0.3) is 0 Å². The minimum Gasteiger partial charge on any atom is -0.362 e. The maximum atomic E-state index is 13.0. The molecule has 2 aromatic rings. The van der Waals surface area contributed by atoms with E-state index in [4.69, 9.17) is 0 Å². The molecule has 0 spiro atoms. The lowest BCUT2D eigenvalue weighted by molar-refractivity contribution is 0.469. The maximum Gasteiger partial charge on any atom is 0.171 e. The predicted octanol–water partition coefficient (Wildman–Crippen LogP) is 1.60. The van der Waals surface area contributed by atoms with E-state index in [2.05, 4.69) is 25.5 Å². The molecule has 22 heavy (non-hydrogen) atoms. The number of nitrogens with one attached hydrogen (secondary N) is 2. The summed E-state index contributed by atoms with van der Waals surface area (Å²) in [6.07, 6.45) is 3.44. The van der Waals surface area contributed by atoms with Gasteiger partial charge in [-0.3, -0.25) is 0 Å². The Morgan fingerprint density at radius 2 is 1.82 bits per heavy atom. The first-order valence-electron chi connectivity index (χ1n) is 7.58. The molecule has 6 heteroatoms. The van der Waals surface area contributed by atoms with Gasteiger partial charge >= 0.3 is 0 Å². The molecule has 0 aliphatic carbocycles. The highest BCUT2D eigenvalue weighted by Gasteiger charge is 2.31. The second-order valence-corrected chi connectivity index (χ2v) is 5.88. The first kappa shape index (κ1) is 13.5. The van der Waals surface area contributed by atoms with Gasteiger partial charge < -0.3 is 15.5 Å². The Kier molecular flexibility index (Phi) is 3.38. The Labute approximate surface area is 128 Å². The van der Waals surface area contributed by atoms with E-state index in [0.717, 1.165) is 37.8 Å². The van der Waals surface area contributed by atoms with Crippen molar-refractivity contribution in [1.29, 1.82) is 0 Å². The fraction of sp³-hybridized carbons (Fsp3) is 0.375. The molecule has 0 bridgehead atoms. The number of halogens is 1. The van der Waals surface area contributed by atoms with Gasteiger partial charge in [-0.25, -0.2) is 14.4 Å². The second-order valence-electron chi connectivity index (χ2n) is 5.88. The molecule has 2 saturated heterocycles. The van der Waals surface area contributed by atoms with Crippen LogP contribution in [0.3, 0.4) is 0 Å². The summed E-state index contributed by atoms with van der Waals surface area (Å²) in [6.45, 7) is 3.71. The monoisotopic (exact) mass is 299 g/mol. The van der Waals surface area contributed by atoms with E-state index in [0.29, 0.717) is 12.0 Å². The summed E-state index contributed by atoms with van der Waals surface area (Å²) in [4.78, 5) is 11.1. The number of benzene rings is 1. The van der Waals surface area contributed by atoms with Crippen molar-refractivity contribution in [3.05, 3.63) is 48.0 Å². The zero-order valence-corrected chi connectivity index (χ0v) is 12.2. The molecular formula is C16H18FN5. The molecule has 0 radical (unpaired) electrons. The zero-order valence-electron chi connectivity index (χ0n) is 12.2. The third-order valence-electron chi connectivity index (χ3n) is 4.32. The SMILES string of the molecule is Fc1ccc(C2CN(c3nccnc3NC3CNC3)C2)cc1. The normalized spacial score (nSPS) is 18.7.